The van der Waals surface area contributed by atoms with Crippen molar-refractivity contribution in [1.82, 2.24) is 5.32 Å². The molecule has 0 amide bonds. The third-order valence-corrected chi connectivity index (χ3v) is 1.49. The predicted molar refractivity (Wildman–Crippen MR) is 33.2 cm³/mol. The second-order valence-electron chi connectivity index (χ2n) is 2.55. The molecule has 1 aliphatic rings. The first-order chi connectivity index (χ1) is 4.64. The fraction of sp³-hybridized carbons (Fsp3) is 1.00. The highest BCUT2D eigenvalue weighted by Crippen LogP contribution is 2.28. The van der Waals surface area contributed by atoms with E-state index in [-0.39, 0.29) is 12.5 Å². The molecule has 0 bridgehead atoms. The van der Waals surface area contributed by atoms with Gasteiger partial charge in [-0.15, -0.1) is 0 Å². The van der Waals surface area contributed by atoms with Gasteiger partial charge in [0.2, 0.25) is 0 Å². The summed E-state index contributed by atoms with van der Waals surface area (Å²) in [6.45, 7) is 0.0922. The quantitative estimate of drug-likeness (QED) is 0.625. The van der Waals surface area contributed by atoms with Crippen molar-refractivity contribution in [2.24, 2.45) is 0 Å². The summed E-state index contributed by atoms with van der Waals surface area (Å²) in [6, 6.07) is 0. The Morgan fingerprint density at radius 2 is 2.40 bits per heavy atom. The predicted octanol–water partition coefficient (Wildman–Crippen LogP) is 0.630. The number of hydrogen-bond donors (Lipinski definition) is 1. The molecule has 0 spiro atoms. The molecule has 0 aliphatic carbocycles. The molecular weight excluding hydrogens is 140 g/mol. The number of ether oxygens (including phenoxy) is 1. The summed E-state index contributed by atoms with van der Waals surface area (Å²) < 4.78 is 29.5. The van der Waals surface area contributed by atoms with Crippen LogP contribution >= 0.6 is 0 Å². The van der Waals surface area contributed by atoms with Gasteiger partial charge in [-0.25, -0.2) is 8.78 Å². The number of hydrogen-bond acceptors (Lipinski definition) is 2. The minimum absolute atomic E-state index is 0.145. The lowest BCUT2D eigenvalue weighted by Gasteiger charge is -2.06. The smallest absolute Gasteiger partial charge is 0.273 e. The molecule has 0 aromatic heterocycles. The van der Waals surface area contributed by atoms with Crippen molar-refractivity contribution in [3.05, 3.63) is 0 Å². The van der Waals surface area contributed by atoms with E-state index in [1.807, 2.05) is 0 Å². The van der Waals surface area contributed by atoms with Gasteiger partial charge in [-0.1, -0.05) is 0 Å². The van der Waals surface area contributed by atoms with E-state index in [1.54, 1.807) is 7.05 Å². The van der Waals surface area contributed by atoms with Crippen molar-refractivity contribution in [3.8, 4) is 0 Å². The van der Waals surface area contributed by atoms with Gasteiger partial charge in [0.05, 0.1) is 6.10 Å². The number of nitrogens with one attached hydrogen (secondary N) is 1. The summed E-state index contributed by atoms with van der Waals surface area (Å²) in [5, 5.41) is 2.79. The van der Waals surface area contributed by atoms with Crippen molar-refractivity contribution in [1.29, 1.82) is 0 Å². The van der Waals surface area contributed by atoms with Crippen molar-refractivity contribution >= 4 is 0 Å². The highest BCUT2D eigenvalue weighted by atomic mass is 19.3. The van der Waals surface area contributed by atoms with E-state index in [4.69, 9.17) is 4.74 Å². The zero-order valence-electron chi connectivity index (χ0n) is 5.86. The minimum Gasteiger partial charge on any atom is -0.370 e. The second kappa shape index (κ2) is 2.80. The zero-order valence-corrected chi connectivity index (χ0v) is 5.86. The van der Waals surface area contributed by atoms with E-state index in [1.165, 1.54) is 0 Å². The molecule has 2 nitrogen and oxygen atoms in total. The molecular formula is C6H11F2NO. The third-order valence-electron chi connectivity index (χ3n) is 1.49. The lowest BCUT2D eigenvalue weighted by atomic mass is 10.2. The first-order valence-electron chi connectivity index (χ1n) is 3.28. The molecule has 60 valence electrons. The topological polar surface area (TPSA) is 21.3 Å². The Bertz CT molecular complexity index is 118. The summed E-state index contributed by atoms with van der Waals surface area (Å²) in [6.07, 6.45) is -0.451. The van der Waals surface area contributed by atoms with E-state index >= 15 is 0 Å². The number of alkyl halides is 2. The van der Waals surface area contributed by atoms with Gasteiger partial charge in [-0.05, 0) is 7.05 Å². The van der Waals surface area contributed by atoms with Crippen LogP contribution < -0.4 is 5.32 Å². The Balaban J connectivity index is 2.29. The molecule has 1 unspecified atom stereocenters. The van der Waals surface area contributed by atoms with Crippen molar-refractivity contribution in [2.75, 3.05) is 20.2 Å². The monoisotopic (exact) mass is 151 g/mol. The van der Waals surface area contributed by atoms with Crippen LogP contribution in [0.3, 0.4) is 0 Å². The van der Waals surface area contributed by atoms with Crippen LogP contribution in [-0.4, -0.2) is 32.2 Å². The average molecular weight is 151 g/mol. The fourth-order valence-corrected chi connectivity index (χ4v) is 1.05. The van der Waals surface area contributed by atoms with Crippen LogP contribution in [0.15, 0.2) is 0 Å². The molecule has 1 saturated heterocycles. The van der Waals surface area contributed by atoms with Crippen LogP contribution in [-0.2, 0) is 4.74 Å². The van der Waals surface area contributed by atoms with Gasteiger partial charge < -0.3 is 10.1 Å². The number of rotatable bonds is 2. The summed E-state index contributed by atoms with van der Waals surface area (Å²) in [5.74, 6) is -2.60. The summed E-state index contributed by atoms with van der Waals surface area (Å²) >= 11 is 0. The molecule has 4 heteroatoms. The molecule has 0 saturated carbocycles. The first-order valence-corrected chi connectivity index (χ1v) is 3.28. The molecule has 10 heavy (non-hydrogen) atoms. The fourth-order valence-electron chi connectivity index (χ4n) is 1.05. The summed E-state index contributed by atoms with van der Waals surface area (Å²) in [7, 11) is 1.72. The Morgan fingerprint density at radius 3 is 2.80 bits per heavy atom. The van der Waals surface area contributed by atoms with Crippen LogP contribution in [0.25, 0.3) is 0 Å². The van der Waals surface area contributed by atoms with Crippen molar-refractivity contribution < 1.29 is 13.5 Å². The maximum absolute atomic E-state index is 12.4. The van der Waals surface area contributed by atoms with Crippen LogP contribution in [0.5, 0.6) is 0 Å². The van der Waals surface area contributed by atoms with Crippen LogP contribution in [0.2, 0.25) is 0 Å². The zero-order chi connectivity index (χ0) is 7.61. The highest BCUT2D eigenvalue weighted by molar-refractivity contribution is 4.80. The van der Waals surface area contributed by atoms with E-state index in [0.29, 0.717) is 6.54 Å². The van der Waals surface area contributed by atoms with Crippen molar-refractivity contribution in [2.45, 2.75) is 18.4 Å². The van der Waals surface area contributed by atoms with Crippen LogP contribution in [0.4, 0.5) is 8.78 Å². The van der Waals surface area contributed by atoms with Gasteiger partial charge in [0.15, 0.2) is 0 Å². The van der Waals surface area contributed by atoms with Gasteiger partial charge in [-0.3, -0.25) is 0 Å². The van der Waals surface area contributed by atoms with Gasteiger partial charge in [0.25, 0.3) is 5.92 Å². The first kappa shape index (κ1) is 7.88. The van der Waals surface area contributed by atoms with Gasteiger partial charge >= 0.3 is 0 Å². The van der Waals surface area contributed by atoms with Crippen LogP contribution in [0, 0.1) is 0 Å². The molecule has 1 fully saturated rings. The normalized spacial score (nSPS) is 30.9. The number of likely N-dealkylation sites (N-methyl/N-ethyl adjacent to an activating group) is 1. The Hall–Kier alpha value is -0.220. The molecule has 1 N–H and O–H groups in total. The maximum atomic E-state index is 12.4. The van der Waals surface area contributed by atoms with Gasteiger partial charge in [0, 0.05) is 13.0 Å². The van der Waals surface area contributed by atoms with Crippen molar-refractivity contribution in [3.63, 3.8) is 0 Å². The Labute approximate surface area is 58.6 Å². The van der Waals surface area contributed by atoms with E-state index < -0.39 is 12.5 Å². The third kappa shape index (κ3) is 1.88. The molecule has 0 radical (unpaired) electrons. The largest absolute Gasteiger partial charge is 0.370 e. The highest BCUT2D eigenvalue weighted by Gasteiger charge is 2.40. The second-order valence-corrected chi connectivity index (χ2v) is 2.55. The Morgan fingerprint density at radius 1 is 1.70 bits per heavy atom. The molecule has 0 aromatic carbocycles. The molecule has 1 atom stereocenters. The summed E-state index contributed by atoms with van der Waals surface area (Å²) in [4.78, 5) is 0. The lowest BCUT2D eigenvalue weighted by Crippen LogP contribution is -2.23. The van der Waals surface area contributed by atoms with Gasteiger partial charge in [0.1, 0.15) is 6.61 Å². The van der Waals surface area contributed by atoms with E-state index in [2.05, 4.69) is 5.32 Å². The van der Waals surface area contributed by atoms with E-state index in [9.17, 15) is 8.78 Å². The van der Waals surface area contributed by atoms with Crippen LogP contribution in [0.1, 0.15) is 6.42 Å². The molecule has 1 aliphatic heterocycles. The maximum Gasteiger partial charge on any atom is 0.273 e. The standard InChI is InChI=1S/C6H11F2NO/c1-9-3-5-2-6(7,8)4-10-5/h5,9H,2-4H2,1H3. The average Bonchev–Trinajstić information content (AvgIpc) is 2.12. The summed E-state index contributed by atoms with van der Waals surface area (Å²) in [5.41, 5.74) is 0. The van der Waals surface area contributed by atoms with Gasteiger partial charge in [-0.2, -0.15) is 0 Å². The van der Waals surface area contributed by atoms with E-state index in [0.717, 1.165) is 0 Å². The minimum atomic E-state index is -2.60. The Kier molecular flexibility index (Phi) is 2.21. The molecule has 1 heterocycles. The SMILES string of the molecule is CNCC1CC(F)(F)CO1. The molecule has 1 rings (SSSR count). The molecule has 0 aromatic rings. The lowest BCUT2D eigenvalue weighted by molar-refractivity contribution is -0.00991. The number of halogens is 2.